The SMILES string of the molecule is COc1ccc(NC(=O)CSC2CCCC2)cc1S(N)(=O)=O. The van der Waals surface area contributed by atoms with E-state index in [4.69, 9.17) is 9.88 Å². The molecule has 0 aromatic heterocycles. The first-order valence-electron chi connectivity index (χ1n) is 7.02. The smallest absolute Gasteiger partial charge is 0.241 e. The van der Waals surface area contributed by atoms with Crippen LogP contribution in [-0.2, 0) is 14.8 Å². The van der Waals surface area contributed by atoms with E-state index in [-0.39, 0.29) is 16.6 Å². The maximum absolute atomic E-state index is 11.9. The van der Waals surface area contributed by atoms with Crippen LogP contribution in [0.25, 0.3) is 0 Å². The number of carbonyl (C=O) groups excluding carboxylic acids is 1. The fourth-order valence-corrected chi connectivity index (χ4v) is 4.27. The highest BCUT2D eigenvalue weighted by molar-refractivity contribution is 8.00. The Kier molecular flexibility index (Phi) is 5.71. The van der Waals surface area contributed by atoms with Gasteiger partial charge < -0.3 is 10.1 Å². The molecular weight excluding hydrogens is 324 g/mol. The number of benzene rings is 1. The second-order valence-electron chi connectivity index (χ2n) is 5.18. The minimum Gasteiger partial charge on any atom is -0.495 e. The summed E-state index contributed by atoms with van der Waals surface area (Å²) in [5.74, 6) is 0.366. The monoisotopic (exact) mass is 344 g/mol. The van der Waals surface area contributed by atoms with Gasteiger partial charge in [0.25, 0.3) is 0 Å². The van der Waals surface area contributed by atoms with E-state index in [0.29, 0.717) is 16.7 Å². The molecule has 3 N–H and O–H groups in total. The van der Waals surface area contributed by atoms with Crippen LogP contribution in [0.5, 0.6) is 5.75 Å². The number of thioether (sulfide) groups is 1. The fourth-order valence-electron chi connectivity index (χ4n) is 2.42. The Morgan fingerprint density at radius 3 is 2.68 bits per heavy atom. The molecule has 22 heavy (non-hydrogen) atoms. The van der Waals surface area contributed by atoms with Crippen LogP contribution < -0.4 is 15.2 Å². The molecule has 122 valence electrons. The number of ether oxygens (including phenoxy) is 1. The fraction of sp³-hybridized carbons (Fsp3) is 0.500. The second-order valence-corrected chi connectivity index (χ2v) is 7.99. The molecule has 0 radical (unpaired) electrons. The summed E-state index contributed by atoms with van der Waals surface area (Å²) < 4.78 is 28.0. The largest absolute Gasteiger partial charge is 0.495 e. The van der Waals surface area contributed by atoms with Crippen molar-refractivity contribution in [2.24, 2.45) is 5.14 Å². The number of hydrogen-bond acceptors (Lipinski definition) is 5. The lowest BCUT2D eigenvalue weighted by Gasteiger charge is -2.11. The highest BCUT2D eigenvalue weighted by atomic mass is 32.2. The van der Waals surface area contributed by atoms with Gasteiger partial charge in [-0.15, -0.1) is 11.8 Å². The molecule has 6 nitrogen and oxygen atoms in total. The second kappa shape index (κ2) is 7.34. The number of nitrogens with two attached hydrogens (primary N) is 1. The number of amides is 1. The van der Waals surface area contributed by atoms with Crippen LogP contribution in [0.4, 0.5) is 5.69 Å². The van der Waals surface area contributed by atoms with Crippen LogP contribution in [0, 0.1) is 0 Å². The maximum atomic E-state index is 11.9. The van der Waals surface area contributed by atoms with Gasteiger partial charge in [0.2, 0.25) is 15.9 Å². The number of methoxy groups -OCH3 is 1. The first kappa shape index (κ1) is 17.1. The van der Waals surface area contributed by atoms with Crippen molar-refractivity contribution in [1.29, 1.82) is 0 Å². The van der Waals surface area contributed by atoms with Crippen molar-refractivity contribution in [2.75, 3.05) is 18.2 Å². The third-order valence-corrected chi connectivity index (χ3v) is 5.81. The molecule has 1 fully saturated rings. The van der Waals surface area contributed by atoms with Gasteiger partial charge >= 0.3 is 0 Å². The van der Waals surface area contributed by atoms with Gasteiger partial charge in [-0.1, -0.05) is 12.8 Å². The van der Waals surface area contributed by atoms with Gasteiger partial charge in [-0.25, -0.2) is 13.6 Å². The molecule has 0 atom stereocenters. The molecule has 2 rings (SSSR count). The third-order valence-electron chi connectivity index (χ3n) is 3.51. The standard InChI is InChI=1S/C14H20N2O4S2/c1-20-12-7-6-10(8-13(12)22(15,18)19)16-14(17)9-21-11-4-2-3-5-11/h6-8,11H,2-5,9H2,1H3,(H,16,17)(H2,15,18,19). The Bertz CT molecular complexity index is 640. The third kappa shape index (κ3) is 4.62. The van der Waals surface area contributed by atoms with Crippen molar-refractivity contribution in [3.05, 3.63) is 18.2 Å². The molecule has 1 aromatic rings. The lowest BCUT2D eigenvalue weighted by atomic mass is 10.3. The number of nitrogens with one attached hydrogen (secondary N) is 1. The van der Waals surface area contributed by atoms with Crippen LogP contribution in [0.1, 0.15) is 25.7 Å². The van der Waals surface area contributed by atoms with E-state index in [2.05, 4.69) is 5.32 Å². The highest BCUT2D eigenvalue weighted by Crippen LogP contribution is 2.30. The predicted octanol–water partition coefficient (Wildman–Crippen LogP) is 1.96. The number of hydrogen-bond donors (Lipinski definition) is 2. The van der Waals surface area contributed by atoms with Crippen molar-refractivity contribution in [3.8, 4) is 5.75 Å². The molecule has 1 saturated carbocycles. The minimum atomic E-state index is -3.91. The van der Waals surface area contributed by atoms with E-state index < -0.39 is 10.0 Å². The van der Waals surface area contributed by atoms with Crippen LogP contribution in [0.15, 0.2) is 23.1 Å². The van der Waals surface area contributed by atoms with E-state index in [0.717, 1.165) is 12.8 Å². The van der Waals surface area contributed by atoms with Crippen LogP contribution in [-0.4, -0.2) is 32.4 Å². The average molecular weight is 344 g/mol. The Morgan fingerprint density at radius 1 is 1.41 bits per heavy atom. The van der Waals surface area contributed by atoms with Gasteiger partial charge in [-0.05, 0) is 31.0 Å². The summed E-state index contributed by atoms with van der Waals surface area (Å²) in [6, 6.07) is 4.37. The van der Waals surface area contributed by atoms with E-state index in [1.807, 2.05) is 0 Å². The van der Waals surface area contributed by atoms with E-state index in [9.17, 15) is 13.2 Å². The van der Waals surface area contributed by atoms with Crippen LogP contribution in [0.3, 0.4) is 0 Å². The van der Waals surface area contributed by atoms with E-state index in [1.165, 1.54) is 32.1 Å². The molecule has 8 heteroatoms. The van der Waals surface area contributed by atoms with Gasteiger partial charge in [0.1, 0.15) is 10.6 Å². The van der Waals surface area contributed by atoms with Crippen molar-refractivity contribution < 1.29 is 17.9 Å². The topological polar surface area (TPSA) is 98.5 Å². The molecule has 0 spiro atoms. The first-order chi connectivity index (χ1) is 10.4. The summed E-state index contributed by atoms with van der Waals surface area (Å²) in [5, 5.41) is 8.40. The molecule has 1 aliphatic carbocycles. The number of carbonyl (C=O) groups is 1. The maximum Gasteiger partial charge on any atom is 0.241 e. The molecule has 0 heterocycles. The molecule has 0 unspecified atom stereocenters. The molecule has 0 aliphatic heterocycles. The molecule has 1 amide bonds. The molecular formula is C14H20N2O4S2. The van der Waals surface area contributed by atoms with Crippen molar-refractivity contribution in [1.82, 2.24) is 0 Å². The van der Waals surface area contributed by atoms with Crippen molar-refractivity contribution in [2.45, 2.75) is 35.8 Å². The summed E-state index contributed by atoms with van der Waals surface area (Å²) in [6.45, 7) is 0. The summed E-state index contributed by atoms with van der Waals surface area (Å²) in [6.07, 6.45) is 4.79. The Balaban J connectivity index is 2.01. The number of anilines is 1. The van der Waals surface area contributed by atoms with Gasteiger partial charge in [0.05, 0.1) is 12.9 Å². The molecule has 0 saturated heterocycles. The van der Waals surface area contributed by atoms with Crippen LogP contribution >= 0.6 is 11.8 Å². The zero-order valence-electron chi connectivity index (χ0n) is 12.4. The van der Waals surface area contributed by atoms with E-state index >= 15 is 0 Å². The number of primary sulfonamides is 1. The summed E-state index contributed by atoms with van der Waals surface area (Å²) in [7, 11) is -2.55. The Hall–Kier alpha value is -1.25. The van der Waals surface area contributed by atoms with Crippen LogP contribution in [0.2, 0.25) is 0 Å². The first-order valence-corrected chi connectivity index (χ1v) is 9.62. The zero-order chi connectivity index (χ0) is 16.2. The number of rotatable bonds is 6. The van der Waals surface area contributed by atoms with Gasteiger partial charge in [0, 0.05) is 10.9 Å². The zero-order valence-corrected chi connectivity index (χ0v) is 14.0. The normalized spacial score (nSPS) is 15.7. The summed E-state index contributed by atoms with van der Waals surface area (Å²) >= 11 is 1.65. The molecule has 1 aliphatic rings. The predicted molar refractivity (Wildman–Crippen MR) is 87.7 cm³/mol. The quantitative estimate of drug-likeness (QED) is 0.822. The molecule has 1 aromatic carbocycles. The Morgan fingerprint density at radius 2 is 2.09 bits per heavy atom. The lowest BCUT2D eigenvalue weighted by molar-refractivity contribution is -0.113. The number of sulfonamides is 1. The average Bonchev–Trinajstić information content (AvgIpc) is 2.97. The summed E-state index contributed by atoms with van der Waals surface area (Å²) in [5.41, 5.74) is 0.391. The lowest BCUT2D eigenvalue weighted by Crippen LogP contribution is -2.17. The minimum absolute atomic E-state index is 0.142. The highest BCUT2D eigenvalue weighted by Gasteiger charge is 2.18. The van der Waals surface area contributed by atoms with E-state index in [1.54, 1.807) is 17.8 Å². The van der Waals surface area contributed by atoms with Gasteiger partial charge in [-0.3, -0.25) is 4.79 Å². The van der Waals surface area contributed by atoms with Crippen molar-refractivity contribution in [3.63, 3.8) is 0 Å². The van der Waals surface area contributed by atoms with Gasteiger partial charge in [-0.2, -0.15) is 0 Å². The van der Waals surface area contributed by atoms with Crippen molar-refractivity contribution >= 4 is 33.4 Å². The Labute approximate surface area is 134 Å². The molecule has 0 bridgehead atoms. The summed E-state index contributed by atoms with van der Waals surface area (Å²) in [4.78, 5) is 11.8. The van der Waals surface area contributed by atoms with Gasteiger partial charge in [0.15, 0.2) is 0 Å².